The summed E-state index contributed by atoms with van der Waals surface area (Å²) in [4.78, 5) is 21.6. The molecule has 0 fully saturated rings. The molecule has 1 aromatic carbocycles. The molecule has 1 aliphatic rings. The van der Waals surface area contributed by atoms with Crippen LogP contribution in [0.3, 0.4) is 0 Å². The van der Waals surface area contributed by atoms with Crippen LogP contribution in [0.2, 0.25) is 0 Å². The Hall–Kier alpha value is -3.45. The van der Waals surface area contributed by atoms with E-state index < -0.39 is 5.82 Å². The van der Waals surface area contributed by atoms with E-state index in [1.807, 2.05) is 30.1 Å². The Kier molecular flexibility index (Phi) is 4.44. The lowest BCUT2D eigenvalue weighted by Crippen LogP contribution is -2.22. The van der Waals surface area contributed by atoms with Crippen molar-refractivity contribution in [3.8, 4) is 11.4 Å². The van der Waals surface area contributed by atoms with Crippen LogP contribution in [0.1, 0.15) is 11.1 Å². The molecule has 3 aromatic heterocycles. The molecule has 4 aromatic rings. The number of fused-ring (bicyclic) bond motifs is 3. The Balaban J connectivity index is 1.93. The van der Waals surface area contributed by atoms with Gasteiger partial charge in [0.15, 0.2) is 5.82 Å². The molecular formula is C21H20FN6O2P. The molecule has 1 unspecified atom stereocenters. The Bertz CT molecular complexity index is 1440. The first kappa shape index (κ1) is 19.5. The molecule has 4 heterocycles. The van der Waals surface area contributed by atoms with Gasteiger partial charge in [-0.15, -0.1) is 0 Å². The summed E-state index contributed by atoms with van der Waals surface area (Å²) < 4.78 is 25.4. The topological polar surface area (TPSA) is 77.2 Å². The second-order valence-corrected chi connectivity index (χ2v) is 8.60. The predicted molar refractivity (Wildman–Crippen MR) is 120 cm³/mol. The van der Waals surface area contributed by atoms with Crippen molar-refractivity contribution in [2.24, 2.45) is 7.05 Å². The molecule has 0 spiro atoms. The second kappa shape index (κ2) is 7.06. The lowest BCUT2D eigenvalue weighted by molar-refractivity contribution is 0.414. The molecule has 0 saturated carbocycles. The van der Waals surface area contributed by atoms with Crippen LogP contribution >= 0.6 is 8.88 Å². The average Bonchev–Trinajstić information content (AvgIpc) is 3.29. The van der Waals surface area contributed by atoms with Crippen molar-refractivity contribution in [2.45, 2.75) is 6.92 Å². The van der Waals surface area contributed by atoms with E-state index in [1.54, 1.807) is 33.5 Å². The van der Waals surface area contributed by atoms with Crippen LogP contribution in [0.5, 0.6) is 5.75 Å². The molecule has 31 heavy (non-hydrogen) atoms. The van der Waals surface area contributed by atoms with Gasteiger partial charge in [0, 0.05) is 43.5 Å². The summed E-state index contributed by atoms with van der Waals surface area (Å²) in [6.45, 7) is 1.73. The van der Waals surface area contributed by atoms with E-state index in [0.717, 1.165) is 22.8 Å². The quantitative estimate of drug-likeness (QED) is 0.496. The first-order chi connectivity index (χ1) is 14.9. The average molecular weight is 438 g/mol. The molecule has 0 saturated heterocycles. The number of halogens is 1. The van der Waals surface area contributed by atoms with E-state index >= 15 is 0 Å². The Labute approximate surface area is 178 Å². The number of nitrogens with one attached hydrogen (secondary N) is 1. The molecule has 1 atom stereocenters. The highest BCUT2D eigenvalue weighted by molar-refractivity contribution is 7.34. The largest absolute Gasteiger partial charge is 0.496 e. The van der Waals surface area contributed by atoms with Crippen molar-refractivity contribution in [1.82, 2.24) is 28.9 Å². The molecule has 5 rings (SSSR count). The van der Waals surface area contributed by atoms with Gasteiger partial charge in [-0.05, 0) is 18.6 Å². The zero-order chi connectivity index (χ0) is 21.9. The molecule has 158 valence electrons. The zero-order valence-electron chi connectivity index (χ0n) is 17.4. The van der Waals surface area contributed by atoms with Gasteiger partial charge < -0.3 is 14.5 Å². The smallest absolute Gasteiger partial charge is 0.333 e. The van der Waals surface area contributed by atoms with E-state index in [1.165, 1.54) is 9.13 Å². The highest BCUT2D eigenvalue weighted by Crippen LogP contribution is 2.37. The van der Waals surface area contributed by atoms with Crippen molar-refractivity contribution in [3.05, 3.63) is 64.4 Å². The molecule has 0 aliphatic carbocycles. The molecule has 10 heteroatoms. The molecule has 0 radical (unpaired) electrons. The van der Waals surface area contributed by atoms with Crippen LogP contribution in [0.25, 0.3) is 33.3 Å². The molecule has 0 amide bonds. The summed E-state index contributed by atoms with van der Waals surface area (Å²) in [5.41, 5.74) is 4.00. The molecule has 1 N–H and O–H groups in total. The minimum Gasteiger partial charge on any atom is -0.496 e. The summed E-state index contributed by atoms with van der Waals surface area (Å²) in [6, 6.07) is 3.78. The maximum absolute atomic E-state index is 14.8. The van der Waals surface area contributed by atoms with Crippen molar-refractivity contribution < 1.29 is 9.13 Å². The summed E-state index contributed by atoms with van der Waals surface area (Å²) >= 11 is 0. The van der Waals surface area contributed by atoms with Crippen LogP contribution in [-0.4, -0.2) is 37.9 Å². The summed E-state index contributed by atoms with van der Waals surface area (Å²) in [7, 11) is 5.67. The SMILES string of the molecule is COc1cc2ncc3c(c2cc1C1=CN(C)PN1)n(-c1c(C)cncc1F)c(=O)n3C. The molecule has 1 aliphatic heterocycles. The third-order valence-electron chi connectivity index (χ3n) is 5.46. The number of rotatable bonds is 3. The highest BCUT2D eigenvalue weighted by Gasteiger charge is 2.22. The van der Waals surface area contributed by atoms with Crippen molar-refractivity contribution in [2.75, 3.05) is 14.2 Å². The summed E-state index contributed by atoms with van der Waals surface area (Å²) in [5, 5.41) is 4.09. The van der Waals surface area contributed by atoms with Gasteiger partial charge in [0.25, 0.3) is 0 Å². The molecule has 8 nitrogen and oxygen atoms in total. The van der Waals surface area contributed by atoms with Crippen LogP contribution in [0.4, 0.5) is 4.39 Å². The monoisotopic (exact) mass is 438 g/mol. The van der Waals surface area contributed by atoms with Crippen LogP contribution in [0, 0.1) is 12.7 Å². The van der Waals surface area contributed by atoms with E-state index in [-0.39, 0.29) is 11.4 Å². The summed E-state index contributed by atoms with van der Waals surface area (Å²) in [6.07, 6.45) is 6.30. The first-order valence-electron chi connectivity index (χ1n) is 9.56. The minimum absolute atomic E-state index is 0.190. The Morgan fingerprint density at radius 2 is 2.00 bits per heavy atom. The Morgan fingerprint density at radius 1 is 1.19 bits per heavy atom. The lowest BCUT2D eigenvalue weighted by atomic mass is 10.1. The van der Waals surface area contributed by atoms with E-state index in [0.29, 0.717) is 36.7 Å². The van der Waals surface area contributed by atoms with E-state index in [9.17, 15) is 9.18 Å². The third-order valence-corrected chi connectivity index (χ3v) is 6.33. The minimum atomic E-state index is -0.559. The van der Waals surface area contributed by atoms with Gasteiger partial charge in [-0.1, -0.05) is 0 Å². The number of aromatic nitrogens is 4. The van der Waals surface area contributed by atoms with Crippen molar-refractivity contribution in [3.63, 3.8) is 0 Å². The number of benzene rings is 1. The predicted octanol–water partition coefficient (Wildman–Crippen LogP) is 3.07. The number of aryl methyl sites for hydroxylation is 2. The van der Waals surface area contributed by atoms with Gasteiger partial charge in [0.1, 0.15) is 5.75 Å². The maximum Gasteiger partial charge on any atom is 0.333 e. The number of ether oxygens (including phenoxy) is 1. The number of hydrogen-bond donors (Lipinski definition) is 1. The fourth-order valence-electron chi connectivity index (χ4n) is 3.96. The van der Waals surface area contributed by atoms with Crippen LogP contribution < -0.4 is 15.5 Å². The van der Waals surface area contributed by atoms with Crippen LogP contribution in [-0.2, 0) is 7.05 Å². The van der Waals surface area contributed by atoms with Crippen LogP contribution in [0.15, 0.2) is 41.7 Å². The Morgan fingerprint density at radius 3 is 2.68 bits per heavy atom. The van der Waals surface area contributed by atoms with E-state index in [4.69, 9.17) is 4.74 Å². The molecular weight excluding hydrogens is 418 g/mol. The van der Waals surface area contributed by atoms with E-state index in [2.05, 4.69) is 15.1 Å². The number of methoxy groups -OCH3 is 1. The van der Waals surface area contributed by atoms with Crippen molar-refractivity contribution >= 4 is 36.5 Å². The fraction of sp³-hybridized carbons (Fsp3) is 0.190. The van der Waals surface area contributed by atoms with Crippen molar-refractivity contribution in [1.29, 1.82) is 0 Å². The van der Waals surface area contributed by atoms with Gasteiger partial charge in [-0.2, -0.15) is 0 Å². The highest BCUT2D eigenvalue weighted by atomic mass is 31.1. The maximum atomic E-state index is 14.8. The van der Waals surface area contributed by atoms with Gasteiger partial charge in [0.05, 0.1) is 56.3 Å². The number of pyridine rings is 2. The zero-order valence-corrected chi connectivity index (χ0v) is 18.4. The first-order valence-corrected chi connectivity index (χ1v) is 10.5. The standard InChI is InChI=1S/C21H20FN6O2P/c1-11-7-23-8-14(22)19(11)28-20-13-5-12(16-10-26(2)31-25-16)18(30-4)6-15(13)24-9-17(20)27(3)21(28)29/h5-10,25,31H,1-4H3. The normalized spacial score (nSPS) is 14.5. The third kappa shape index (κ3) is 2.88. The number of imidazole rings is 1. The van der Waals surface area contributed by atoms with Gasteiger partial charge >= 0.3 is 5.69 Å². The number of hydrogen-bond acceptors (Lipinski definition) is 6. The summed E-state index contributed by atoms with van der Waals surface area (Å²) in [5.74, 6) is 0.102. The lowest BCUT2D eigenvalue weighted by Gasteiger charge is -2.13. The second-order valence-electron chi connectivity index (χ2n) is 7.42. The number of nitrogens with zero attached hydrogens (tertiary/aromatic N) is 5. The van der Waals surface area contributed by atoms with Gasteiger partial charge in [0.2, 0.25) is 0 Å². The fourth-order valence-corrected chi connectivity index (χ4v) is 4.65. The van der Waals surface area contributed by atoms with Gasteiger partial charge in [-0.25, -0.2) is 9.18 Å². The molecule has 0 bridgehead atoms. The van der Waals surface area contributed by atoms with Gasteiger partial charge in [-0.3, -0.25) is 19.1 Å².